The van der Waals surface area contributed by atoms with Crippen molar-refractivity contribution in [1.29, 1.82) is 0 Å². The molecule has 1 heterocycles. The number of hydrogen-bond donors (Lipinski definition) is 2. The zero-order chi connectivity index (χ0) is 15.5. The molecule has 0 aromatic rings. The lowest BCUT2D eigenvalue weighted by Gasteiger charge is -2.24. The minimum absolute atomic E-state index is 0.0418. The highest BCUT2D eigenvalue weighted by atomic mass is 16.6. The van der Waals surface area contributed by atoms with Crippen molar-refractivity contribution in [2.75, 3.05) is 13.1 Å². The van der Waals surface area contributed by atoms with E-state index < -0.39 is 11.6 Å². The number of nitrogens with zero attached hydrogens (tertiary/aromatic N) is 1. The third-order valence-corrected chi connectivity index (χ3v) is 3.21. The molecule has 0 radical (unpaired) electrons. The van der Waals surface area contributed by atoms with Gasteiger partial charge in [0.05, 0.1) is 6.04 Å². The van der Waals surface area contributed by atoms with Crippen LogP contribution in [0.15, 0.2) is 0 Å². The number of carbonyl (C=O) groups is 2. The highest BCUT2D eigenvalue weighted by Gasteiger charge is 2.31. The smallest absolute Gasteiger partial charge is 0.410 e. The first-order chi connectivity index (χ1) is 9.10. The van der Waals surface area contributed by atoms with Crippen molar-refractivity contribution in [3.05, 3.63) is 0 Å². The van der Waals surface area contributed by atoms with Gasteiger partial charge >= 0.3 is 6.09 Å². The number of ether oxygens (including phenoxy) is 1. The fourth-order valence-electron chi connectivity index (χ4n) is 1.97. The molecule has 1 saturated heterocycles. The van der Waals surface area contributed by atoms with E-state index in [0.29, 0.717) is 13.1 Å². The molecule has 0 aromatic carbocycles. The second-order valence-electron chi connectivity index (χ2n) is 6.69. The minimum Gasteiger partial charge on any atom is -0.444 e. The van der Waals surface area contributed by atoms with Crippen LogP contribution in [-0.2, 0) is 9.53 Å². The Bertz CT molecular complexity index is 363. The van der Waals surface area contributed by atoms with E-state index >= 15 is 0 Å². The van der Waals surface area contributed by atoms with Crippen LogP contribution in [0.5, 0.6) is 0 Å². The molecule has 1 aliphatic heterocycles. The second kappa shape index (κ2) is 6.43. The van der Waals surface area contributed by atoms with E-state index in [1.165, 1.54) is 0 Å². The summed E-state index contributed by atoms with van der Waals surface area (Å²) in [5.74, 6) is -0.0607. The van der Waals surface area contributed by atoms with Crippen molar-refractivity contribution in [3.8, 4) is 0 Å². The highest BCUT2D eigenvalue weighted by molar-refractivity contribution is 5.82. The van der Waals surface area contributed by atoms with Gasteiger partial charge in [0.2, 0.25) is 5.91 Å². The van der Waals surface area contributed by atoms with Crippen LogP contribution in [0, 0.1) is 5.92 Å². The van der Waals surface area contributed by atoms with E-state index in [2.05, 4.69) is 5.32 Å². The van der Waals surface area contributed by atoms with Gasteiger partial charge in [0.15, 0.2) is 0 Å². The Hall–Kier alpha value is -1.30. The molecule has 0 bridgehead atoms. The molecule has 1 aliphatic rings. The van der Waals surface area contributed by atoms with Crippen molar-refractivity contribution in [3.63, 3.8) is 0 Å². The summed E-state index contributed by atoms with van der Waals surface area (Å²) in [5, 5.41) is 2.89. The van der Waals surface area contributed by atoms with Gasteiger partial charge < -0.3 is 20.7 Å². The van der Waals surface area contributed by atoms with Gasteiger partial charge in [-0.1, -0.05) is 13.8 Å². The van der Waals surface area contributed by atoms with Crippen LogP contribution >= 0.6 is 0 Å². The van der Waals surface area contributed by atoms with Gasteiger partial charge in [0.25, 0.3) is 0 Å². The molecule has 2 amide bonds. The molecule has 3 N–H and O–H groups in total. The maximum absolute atomic E-state index is 11.9. The molecule has 1 unspecified atom stereocenters. The van der Waals surface area contributed by atoms with E-state index in [4.69, 9.17) is 10.5 Å². The molecular formula is C14H27N3O3. The Morgan fingerprint density at radius 2 is 1.95 bits per heavy atom. The van der Waals surface area contributed by atoms with Crippen molar-refractivity contribution >= 4 is 12.0 Å². The fraction of sp³-hybridized carbons (Fsp3) is 0.857. The lowest BCUT2D eigenvalue weighted by molar-refractivity contribution is -0.123. The Balaban J connectivity index is 2.44. The summed E-state index contributed by atoms with van der Waals surface area (Å²) < 4.78 is 5.31. The Morgan fingerprint density at radius 3 is 2.45 bits per heavy atom. The van der Waals surface area contributed by atoms with Crippen LogP contribution < -0.4 is 11.1 Å². The summed E-state index contributed by atoms with van der Waals surface area (Å²) in [5.41, 5.74) is 5.30. The van der Waals surface area contributed by atoms with Crippen LogP contribution in [0.1, 0.15) is 41.0 Å². The van der Waals surface area contributed by atoms with E-state index in [0.717, 1.165) is 6.42 Å². The first kappa shape index (κ1) is 16.8. The predicted molar refractivity (Wildman–Crippen MR) is 77.2 cm³/mol. The summed E-state index contributed by atoms with van der Waals surface area (Å²) in [6.07, 6.45) is 0.401. The van der Waals surface area contributed by atoms with Crippen molar-refractivity contribution in [2.24, 2.45) is 11.7 Å². The summed E-state index contributed by atoms with van der Waals surface area (Å²) >= 11 is 0. The monoisotopic (exact) mass is 285 g/mol. The van der Waals surface area contributed by atoms with Gasteiger partial charge in [0.1, 0.15) is 5.60 Å². The van der Waals surface area contributed by atoms with Crippen LogP contribution in [0.4, 0.5) is 4.79 Å². The topological polar surface area (TPSA) is 84.7 Å². The van der Waals surface area contributed by atoms with Crippen molar-refractivity contribution in [1.82, 2.24) is 10.2 Å². The zero-order valence-corrected chi connectivity index (χ0v) is 13.1. The fourth-order valence-corrected chi connectivity index (χ4v) is 1.97. The predicted octanol–water partition coefficient (Wildman–Crippen LogP) is 1.10. The third kappa shape index (κ3) is 5.00. The first-order valence-electron chi connectivity index (χ1n) is 7.14. The number of hydrogen-bond acceptors (Lipinski definition) is 4. The largest absolute Gasteiger partial charge is 0.444 e. The molecular weight excluding hydrogens is 258 g/mol. The van der Waals surface area contributed by atoms with Crippen molar-refractivity contribution < 1.29 is 14.3 Å². The molecule has 6 nitrogen and oxygen atoms in total. The maximum atomic E-state index is 11.9. The molecule has 0 aliphatic carbocycles. The van der Waals surface area contributed by atoms with E-state index in [1.807, 2.05) is 34.6 Å². The van der Waals surface area contributed by atoms with E-state index in [9.17, 15) is 9.59 Å². The summed E-state index contributed by atoms with van der Waals surface area (Å²) in [6, 6.07) is -0.551. The molecule has 20 heavy (non-hydrogen) atoms. The Morgan fingerprint density at radius 1 is 1.35 bits per heavy atom. The first-order valence-corrected chi connectivity index (χ1v) is 7.14. The van der Waals surface area contributed by atoms with Gasteiger partial charge in [-0.3, -0.25) is 4.79 Å². The molecule has 2 atom stereocenters. The number of carbonyl (C=O) groups excluding carboxylic acids is 2. The standard InChI is InChI=1S/C14H27N3O3/c1-9(2)11(15)12(18)16-10-6-7-17(8-10)13(19)20-14(3,4)5/h9-11H,6-8,15H2,1-5H3,(H,16,18)/t10?,11-/m0/s1. The van der Waals surface area contributed by atoms with Crippen LogP contribution in [-0.4, -0.2) is 47.7 Å². The number of nitrogens with two attached hydrogens (primary N) is 1. The second-order valence-corrected chi connectivity index (χ2v) is 6.69. The van der Waals surface area contributed by atoms with Crippen molar-refractivity contribution in [2.45, 2.75) is 58.7 Å². The summed E-state index contributed by atoms with van der Waals surface area (Å²) in [6.45, 7) is 10.4. The number of likely N-dealkylation sites (tertiary alicyclic amines) is 1. The third-order valence-electron chi connectivity index (χ3n) is 3.21. The maximum Gasteiger partial charge on any atom is 0.410 e. The van der Waals surface area contributed by atoms with Gasteiger partial charge in [-0.2, -0.15) is 0 Å². The average molecular weight is 285 g/mol. The Labute approximate surface area is 121 Å². The Kier molecular flexibility index (Phi) is 5.39. The molecule has 0 spiro atoms. The summed E-state index contributed by atoms with van der Waals surface area (Å²) in [7, 11) is 0. The lowest BCUT2D eigenvalue weighted by Crippen LogP contribution is -2.48. The van der Waals surface area contributed by atoms with Gasteiger partial charge in [0, 0.05) is 19.1 Å². The van der Waals surface area contributed by atoms with Gasteiger partial charge in [-0.25, -0.2) is 4.79 Å². The molecule has 116 valence electrons. The number of rotatable bonds is 3. The molecule has 1 fully saturated rings. The quantitative estimate of drug-likeness (QED) is 0.813. The highest BCUT2D eigenvalue weighted by Crippen LogP contribution is 2.15. The molecule has 0 aromatic heterocycles. The zero-order valence-electron chi connectivity index (χ0n) is 13.1. The molecule has 0 saturated carbocycles. The van der Waals surface area contributed by atoms with Crippen LogP contribution in [0.3, 0.4) is 0 Å². The van der Waals surface area contributed by atoms with Gasteiger partial charge in [-0.15, -0.1) is 0 Å². The average Bonchev–Trinajstić information content (AvgIpc) is 2.74. The summed E-state index contributed by atoms with van der Waals surface area (Å²) in [4.78, 5) is 25.4. The van der Waals surface area contributed by atoms with E-state index in [1.54, 1.807) is 4.90 Å². The molecule has 6 heteroatoms. The van der Waals surface area contributed by atoms with Crippen LogP contribution in [0.25, 0.3) is 0 Å². The molecule has 1 rings (SSSR count). The SMILES string of the molecule is CC(C)[C@H](N)C(=O)NC1CCN(C(=O)OC(C)(C)C)C1. The van der Waals surface area contributed by atoms with Crippen LogP contribution in [0.2, 0.25) is 0 Å². The minimum atomic E-state index is -0.509. The van der Waals surface area contributed by atoms with E-state index in [-0.39, 0.29) is 24.0 Å². The number of amides is 2. The van der Waals surface area contributed by atoms with Gasteiger partial charge in [-0.05, 0) is 33.1 Å². The lowest BCUT2D eigenvalue weighted by atomic mass is 10.0. The number of nitrogens with one attached hydrogen (secondary N) is 1. The normalized spacial score (nSPS) is 20.9.